The van der Waals surface area contributed by atoms with Gasteiger partial charge in [0.1, 0.15) is 6.61 Å². The molecule has 0 spiro atoms. The molecule has 1 unspecified atom stereocenters. The molecular weight excluding hydrogens is 406 g/mol. The maximum atomic E-state index is 12.4. The number of carbonyl (C=O) groups excluding carboxylic acids is 1. The molecular formula is C24H25N5O3. The van der Waals surface area contributed by atoms with Crippen LogP contribution in [0.1, 0.15) is 40.7 Å². The van der Waals surface area contributed by atoms with Crippen molar-refractivity contribution in [2.45, 2.75) is 38.4 Å². The monoisotopic (exact) mass is 431 g/mol. The van der Waals surface area contributed by atoms with Crippen molar-refractivity contribution in [3.05, 3.63) is 71.7 Å². The lowest BCUT2D eigenvalue weighted by Crippen LogP contribution is -2.35. The van der Waals surface area contributed by atoms with Gasteiger partial charge in [0.2, 0.25) is 0 Å². The quantitative estimate of drug-likeness (QED) is 0.588. The van der Waals surface area contributed by atoms with Crippen molar-refractivity contribution < 1.29 is 14.3 Å². The van der Waals surface area contributed by atoms with Gasteiger partial charge in [-0.15, -0.1) is 0 Å². The summed E-state index contributed by atoms with van der Waals surface area (Å²) in [4.78, 5) is 16.7. The maximum absolute atomic E-state index is 12.4. The molecule has 0 saturated carbocycles. The highest BCUT2D eigenvalue weighted by molar-refractivity contribution is 5.93. The molecule has 1 atom stereocenters. The minimum Gasteiger partial charge on any atom is -0.486 e. The first-order valence-corrected chi connectivity index (χ1v) is 10.7. The van der Waals surface area contributed by atoms with Crippen LogP contribution in [0.15, 0.2) is 55.0 Å². The van der Waals surface area contributed by atoms with Crippen molar-refractivity contribution >= 4 is 5.91 Å². The van der Waals surface area contributed by atoms with Crippen molar-refractivity contribution in [1.29, 1.82) is 5.26 Å². The summed E-state index contributed by atoms with van der Waals surface area (Å²) in [5.41, 5.74) is 2.48. The molecule has 0 aliphatic carbocycles. The molecule has 1 saturated heterocycles. The molecule has 1 aromatic carbocycles. The second kappa shape index (κ2) is 10.6. The van der Waals surface area contributed by atoms with Gasteiger partial charge in [0.15, 0.2) is 11.6 Å². The van der Waals surface area contributed by atoms with Crippen molar-refractivity contribution in [1.82, 2.24) is 20.1 Å². The predicted octanol–water partition coefficient (Wildman–Crippen LogP) is 3.21. The molecule has 3 heterocycles. The van der Waals surface area contributed by atoms with Crippen LogP contribution in [0, 0.1) is 11.3 Å². The Morgan fingerprint density at radius 3 is 2.75 bits per heavy atom. The third-order valence-electron chi connectivity index (χ3n) is 5.28. The lowest BCUT2D eigenvalue weighted by atomic mass is 10.1. The summed E-state index contributed by atoms with van der Waals surface area (Å²) in [7, 11) is 0. The Labute approximate surface area is 186 Å². The zero-order valence-electron chi connectivity index (χ0n) is 17.7. The molecule has 4 rings (SSSR count). The fraction of sp³-hybridized carbons (Fsp3) is 0.333. The zero-order valence-corrected chi connectivity index (χ0v) is 17.7. The topological polar surface area (TPSA) is 102 Å². The van der Waals surface area contributed by atoms with Crippen LogP contribution in [0.4, 0.5) is 0 Å². The molecule has 1 amide bonds. The largest absolute Gasteiger partial charge is 0.486 e. The van der Waals surface area contributed by atoms with Gasteiger partial charge in [-0.1, -0.05) is 24.3 Å². The van der Waals surface area contributed by atoms with Crippen LogP contribution in [-0.4, -0.2) is 39.9 Å². The first-order valence-electron chi connectivity index (χ1n) is 10.7. The number of nitriles is 1. The second-order valence-corrected chi connectivity index (χ2v) is 7.66. The van der Waals surface area contributed by atoms with Gasteiger partial charge in [-0.2, -0.15) is 10.4 Å². The Bertz CT molecular complexity index is 1060. The summed E-state index contributed by atoms with van der Waals surface area (Å²) in [6.07, 6.45) is 8.61. The van der Waals surface area contributed by atoms with E-state index in [2.05, 4.69) is 21.5 Å². The fourth-order valence-corrected chi connectivity index (χ4v) is 3.45. The third kappa shape index (κ3) is 5.71. The fourth-order valence-electron chi connectivity index (χ4n) is 3.45. The average molecular weight is 431 g/mol. The van der Waals surface area contributed by atoms with E-state index in [4.69, 9.17) is 14.7 Å². The molecule has 1 aliphatic heterocycles. The van der Waals surface area contributed by atoms with Crippen molar-refractivity contribution in [3.63, 3.8) is 0 Å². The first-order chi connectivity index (χ1) is 15.7. The van der Waals surface area contributed by atoms with Crippen LogP contribution in [0.25, 0.3) is 5.82 Å². The van der Waals surface area contributed by atoms with Crippen molar-refractivity contribution in [3.8, 4) is 17.6 Å². The summed E-state index contributed by atoms with van der Waals surface area (Å²) in [6.45, 7) is 1.68. The number of aromatic nitrogens is 3. The Morgan fingerprint density at radius 1 is 1.19 bits per heavy atom. The number of nitrogens with zero attached hydrogens (tertiary/aromatic N) is 4. The third-order valence-corrected chi connectivity index (χ3v) is 5.28. The minimum atomic E-state index is -0.163. The highest BCUT2D eigenvalue weighted by Gasteiger charge is 2.15. The minimum absolute atomic E-state index is 0.0953. The van der Waals surface area contributed by atoms with E-state index in [1.807, 2.05) is 24.3 Å². The number of pyridine rings is 1. The molecule has 1 N–H and O–H groups in total. The van der Waals surface area contributed by atoms with Gasteiger partial charge in [0, 0.05) is 19.3 Å². The van der Waals surface area contributed by atoms with E-state index >= 15 is 0 Å². The van der Waals surface area contributed by atoms with Gasteiger partial charge in [0.25, 0.3) is 5.91 Å². The number of hydrogen-bond acceptors (Lipinski definition) is 6. The number of nitrogens with one attached hydrogen (secondary N) is 1. The Morgan fingerprint density at radius 2 is 2.03 bits per heavy atom. The van der Waals surface area contributed by atoms with Gasteiger partial charge >= 0.3 is 0 Å². The first kappa shape index (κ1) is 21.5. The molecule has 8 heteroatoms. The van der Waals surface area contributed by atoms with Crippen molar-refractivity contribution in [2.24, 2.45) is 0 Å². The molecule has 164 valence electrons. The molecule has 1 fully saturated rings. The Hall–Kier alpha value is -3.70. The molecule has 8 nitrogen and oxygen atoms in total. The highest BCUT2D eigenvalue weighted by Crippen LogP contribution is 2.16. The van der Waals surface area contributed by atoms with Crippen molar-refractivity contribution in [2.75, 3.05) is 13.2 Å². The van der Waals surface area contributed by atoms with Crippen LogP contribution < -0.4 is 10.1 Å². The number of carbonyl (C=O) groups is 1. The predicted molar refractivity (Wildman–Crippen MR) is 117 cm³/mol. The standard InChI is InChI=1S/C24H25N5O3/c25-11-10-18-4-6-19(7-5-18)17-32-22-15-28-29(16-22)23-9-8-20(13-26-23)24(30)27-14-21-3-1-2-12-31-21/h4-9,13,15-16,21H,1-3,10,12,14,17H2,(H,27,30). The van der Waals surface area contributed by atoms with Crippen LogP contribution in [-0.2, 0) is 17.8 Å². The summed E-state index contributed by atoms with van der Waals surface area (Å²) in [5.74, 6) is 1.04. The Kier molecular flexibility index (Phi) is 7.10. The highest BCUT2D eigenvalue weighted by atomic mass is 16.5. The normalized spacial score (nSPS) is 15.7. The lowest BCUT2D eigenvalue weighted by Gasteiger charge is -2.22. The number of hydrogen-bond donors (Lipinski definition) is 1. The number of amides is 1. The number of ether oxygens (including phenoxy) is 2. The van der Waals surface area contributed by atoms with E-state index in [1.165, 1.54) is 6.20 Å². The lowest BCUT2D eigenvalue weighted by molar-refractivity contribution is 0.0169. The molecule has 2 aromatic heterocycles. The molecule has 0 bridgehead atoms. The average Bonchev–Trinajstić information content (AvgIpc) is 3.32. The summed E-state index contributed by atoms with van der Waals surface area (Å²) in [6, 6.07) is 13.4. The van der Waals surface area contributed by atoms with Crippen LogP contribution >= 0.6 is 0 Å². The molecule has 1 aliphatic rings. The zero-order chi connectivity index (χ0) is 22.2. The molecule has 3 aromatic rings. The molecule has 32 heavy (non-hydrogen) atoms. The summed E-state index contributed by atoms with van der Waals surface area (Å²) >= 11 is 0. The number of rotatable bonds is 8. The number of benzene rings is 1. The Balaban J connectivity index is 1.29. The van der Waals surface area contributed by atoms with E-state index in [9.17, 15) is 4.79 Å². The van der Waals surface area contributed by atoms with Gasteiger partial charge < -0.3 is 14.8 Å². The van der Waals surface area contributed by atoms with E-state index in [1.54, 1.807) is 29.2 Å². The maximum Gasteiger partial charge on any atom is 0.252 e. The van der Waals surface area contributed by atoms with Crippen LogP contribution in [0.2, 0.25) is 0 Å². The van der Waals surface area contributed by atoms with Crippen LogP contribution in [0.5, 0.6) is 5.75 Å². The van der Waals surface area contributed by atoms with Gasteiger partial charge in [-0.3, -0.25) is 4.79 Å². The summed E-state index contributed by atoms with van der Waals surface area (Å²) in [5, 5.41) is 15.9. The van der Waals surface area contributed by atoms with Gasteiger partial charge in [-0.25, -0.2) is 9.67 Å². The molecule has 0 radical (unpaired) electrons. The van der Waals surface area contributed by atoms with Crippen LogP contribution in [0.3, 0.4) is 0 Å². The van der Waals surface area contributed by atoms with Gasteiger partial charge in [0.05, 0.1) is 36.6 Å². The van der Waals surface area contributed by atoms with Gasteiger partial charge in [-0.05, 0) is 42.5 Å². The second-order valence-electron chi connectivity index (χ2n) is 7.66. The van der Waals surface area contributed by atoms with E-state index < -0.39 is 0 Å². The summed E-state index contributed by atoms with van der Waals surface area (Å²) < 4.78 is 13.0. The smallest absolute Gasteiger partial charge is 0.252 e. The van der Waals surface area contributed by atoms with E-state index in [0.717, 1.165) is 37.0 Å². The SMILES string of the molecule is N#CCc1ccc(COc2cnn(-c3ccc(C(=O)NCC4CCCCO4)cn3)c2)cc1. The van der Waals surface area contributed by atoms with E-state index in [0.29, 0.717) is 36.7 Å². The van der Waals surface area contributed by atoms with E-state index in [-0.39, 0.29) is 12.0 Å².